The Kier molecular flexibility index (Phi) is 4.41. The fourth-order valence-corrected chi connectivity index (χ4v) is 4.26. The molecule has 25 heavy (non-hydrogen) atoms. The van der Waals surface area contributed by atoms with Gasteiger partial charge in [-0.2, -0.15) is 12.7 Å². The Balaban J connectivity index is 1.67. The van der Waals surface area contributed by atoms with E-state index in [4.69, 9.17) is 14.6 Å². The van der Waals surface area contributed by atoms with Crippen molar-refractivity contribution in [3.63, 3.8) is 0 Å². The minimum Gasteiger partial charge on any atom is -0.497 e. The molecule has 0 amide bonds. The second-order valence-electron chi connectivity index (χ2n) is 6.38. The number of hydrogen-bond acceptors (Lipinski definition) is 4. The molecule has 1 saturated heterocycles. The van der Waals surface area contributed by atoms with Gasteiger partial charge in [0.05, 0.1) is 19.6 Å². The molecule has 1 aliphatic heterocycles. The summed E-state index contributed by atoms with van der Waals surface area (Å²) in [6.07, 6.45) is -0.0178. The maximum Gasteiger partial charge on any atom is 0.276 e. The second-order valence-corrected chi connectivity index (χ2v) is 7.93. The van der Waals surface area contributed by atoms with E-state index in [9.17, 15) is 21.6 Å². The third-order valence-electron chi connectivity index (χ3n) is 5.20. The van der Waals surface area contributed by atoms with E-state index in [1.807, 2.05) is 0 Å². The Morgan fingerprint density at radius 1 is 1.32 bits per heavy atom. The van der Waals surface area contributed by atoms with Gasteiger partial charge in [0.15, 0.2) is 11.6 Å². The zero-order chi connectivity index (χ0) is 18.5. The van der Waals surface area contributed by atoms with Gasteiger partial charge in [-0.25, -0.2) is 18.3 Å². The molecule has 10 heteroatoms. The van der Waals surface area contributed by atoms with Gasteiger partial charge in [0.25, 0.3) is 16.1 Å². The Labute approximate surface area is 143 Å². The number of piperidine rings is 1. The van der Waals surface area contributed by atoms with Gasteiger partial charge in [-0.15, -0.1) is 0 Å². The third-order valence-corrected chi connectivity index (χ3v) is 6.29. The second kappa shape index (κ2) is 6.03. The summed E-state index contributed by atoms with van der Waals surface area (Å²) >= 11 is 0. The summed E-state index contributed by atoms with van der Waals surface area (Å²) in [6.45, 7) is -0.469. The number of halogens is 3. The number of methoxy groups -OCH3 is 1. The van der Waals surface area contributed by atoms with E-state index in [-0.39, 0.29) is 38.3 Å². The Morgan fingerprint density at radius 2 is 1.96 bits per heavy atom. The molecule has 0 aromatic heterocycles. The lowest BCUT2D eigenvalue weighted by Crippen LogP contribution is -2.44. The van der Waals surface area contributed by atoms with E-state index in [0.29, 0.717) is 5.75 Å². The largest absolute Gasteiger partial charge is 0.497 e. The van der Waals surface area contributed by atoms with Gasteiger partial charge >= 0.3 is 0 Å². The van der Waals surface area contributed by atoms with Crippen LogP contribution in [-0.4, -0.2) is 45.5 Å². The van der Waals surface area contributed by atoms with Gasteiger partial charge in [0, 0.05) is 24.6 Å². The minimum atomic E-state index is -3.88. The van der Waals surface area contributed by atoms with E-state index < -0.39 is 33.3 Å². The first-order chi connectivity index (χ1) is 11.6. The average molecular weight is 380 g/mol. The van der Waals surface area contributed by atoms with E-state index in [1.54, 1.807) is 0 Å². The van der Waals surface area contributed by atoms with E-state index in [2.05, 4.69) is 0 Å². The lowest BCUT2D eigenvalue weighted by molar-refractivity contribution is 0.0369. The molecule has 1 saturated carbocycles. The summed E-state index contributed by atoms with van der Waals surface area (Å²) < 4.78 is 76.2. The van der Waals surface area contributed by atoms with Crippen molar-refractivity contribution in [3.8, 4) is 11.5 Å². The molecule has 0 bridgehead atoms. The van der Waals surface area contributed by atoms with Crippen LogP contribution in [0, 0.1) is 17.2 Å². The smallest absolute Gasteiger partial charge is 0.276 e. The molecule has 2 N–H and O–H groups in total. The molecule has 1 aromatic rings. The normalized spacial score (nSPS) is 24.9. The number of rotatable bonds is 5. The predicted octanol–water partition coefficient (Wildman–Crippen LogP) is 1.76. The molecule has 1 unspecified atom stereocenters. The van der Waals surface area contributed by atoms with Crippen LogP contribution in [0.3, 0.4) is 0 Å². The molecule has 140 valence electrons. The SMILES string of the molecule is COc1ccc(F)c(OCC2C(F)(F)C23CCN(S(N)(=O)=O)CC3)c1. The average Bonchev–Trinajstić information content (AvgIpc) is 2.99. The number of nitrogens with two attached hydrogens (primary N) is 1. The number of benzene rings is 1. The fourth-order valence-electron chi connectivity index (χ4n) is 3.57. The highest BCUT2D eigenvalue weighted by Gasteiger charge is 2.80. The Hall–Kier alpha value is -1.52. The van der Waals surface area contributed by atoms with Crippen molar-refractivity contribution in [2.75, 3.05) is 26.8 Å². The van der Waals surface area contributed by atoms with Crippen LogP contribution in [0.2, 0.25) is 0 Å². The van der Waals surface area contributed by atoms with Crippen LogP contribution < -0.4 is 14.6 Å². The number of ether oxygens (including phenoxy) is 2. The highest BCUT2D eigenvalue weighted by atomic mass is 32.2. The van der Waals surface area contributed by atoms with Crippen LogP contribution in [0.5, 0.6) is 11.5 Å². The van der Waals surface area contributed by atoms with Crippen molar-refractivity contribution < 1.29 is 31.1 Å². The lowest BCUT2D eigenvalue weighted by Gasteiger charge is -2.30. The molecule has 1 atom stereocenters. The quantitative estimate of drug-likeness (QED) is 0.844. The summed E-state index contributed by atoms with van der Waals surface area (Å²) in [6, 6.07) is 3.84. The lowest BCUT2D eigenvalue weighted by atomic mass is 9.91. The van der Waals surface area contributed by atoms with Gasteiger partial charge in [-0.05, 0) is 25.0 Å². The van der Waals surface area contributed by atoms with E-state index >= 15 is 0 Å². The van der Waals surface area contributed by atoms with E-state index in [1.165, 1.54) is 19.2 Å². The summed E-state index contributed by atoms with van der Waals surface area (Å²) in [5.74, 6) is -4.53. The standard InChI is InChI=1S/C15H19F3N2O4S/c1-23-10-2-3-11(16)12(8-10)24-9-13-14(15(13,17)18)4-6-20(7-5-14)25(19,21)22/h2-3,8,13H,4-7,9H2,1H3,(H2,19,21,22). The van der Waals surface area contributed by atoms with Crippen LogP contribution in [0.15, 0.2) is 18.2 Å². The summed E-state index contributed by atoms with van der Waals surface area (Å²) in [4.78, 5) is 0. The van der Waals surface area contributed by atoms with Gasteiger partial charge in [0.2, 0.25) is 0 Å². The van der Waals surface area contributed by atoms with Gasteiger partial charge < -0.3 is 9.47 Å². The summed E-state index contributed by atoms with van der Waals surface area (Å²) in [5.41, 5.74) is -1.32. The fraction of sp³-hybridized carbons (Fsp3) is 0.600. The maximum atomic E-state index is 14.3. The van der Waals surface area contributed by atoms with Crippen molar-refractivity contribution in [1.29, 1.82) is 0 Å². The topological polar surface area (TPSA) is 81.9 Å². The molecule has 2 aliphatic rings. The zero-order valence-electron chi connectivity index (χ0n) is 13.5. The summed E-state index contributed by atoms with van der Waals surface area (Å²) in [7, 11) is -2.47. The van der Waals surface area contributed by atoms with Gasteiger partial charge in [-0.1, -0.05) is 0 Å². The van der Waals surface area contributed by atoms with Crippen molar-refractivity contribution >= 4 is 10.2 Å². The summed E-state index contributed by atoms with van der Waals surface area (Å²) in [5, 5.41) is 5.03. The van der Waals surface area contributed by atoms with Crippen molar-refractivity contribution in [3.05, 3.63) is 24.0 Å². The van der Waals surface area contributed by atoms with Crippen LogP contribution in [0.1, 0.15) is 12.8 Å². The molecule has 1 aliphatic carbocycles. The number of hydrogen-bond donors (Lipinski definition) is 1. The van der Waals surface area contributed by atoms with Crippen LogP contribution >= 0.6 is 0 Å². The molecule has 3 rings (SSSR count). The van der Waals surface area contributed by atoms with Crippen molar-refractivity contribution in [1.82, 2.24) is 4.31 Å². The Morgan fingerprint density at radius 3 is 2.52 bits per heavy atom. The zero-order valence-corrected chi connectivity index (χ0v) is 14.4. The highest BCUT2D eigenvalue weighted by molar-refractivity contribution is 7.86. The third kappa shape index (κ3) is 3.06. The van der Waals surface area contributed by atoms with Gasteiger partial charge in [-0.3, -0.25) is 0 Å². The minimum absolute atomic E-state index is 0.00888. The molecule has 2 fully saturated rings. The van der Waals surface area contributed by atoms with Crippen LogP contribution in [0.25, 0.3) is 0 Å². The number of alkyl halides is 2. The highest BCUT2D eigenvalue weighted by Crippen LogP contribution is 2.70. The van der Waals surface area contributed by atoms with Gasteiger partial charge in [0.1, 0.15) is 5.75 Å². The van der Waals surface area contributed by atoms with Crippen LogP contribution in [0.4, 0.5) is 13.2 Å². The molecular formula is C15H19F3N2O4S. The first-order valence-electron chi connectivity index (χ1n) is 7.74. The number of nitrogens with zero attached hydrogens (tertiary/aromatic N) is 1. The van der Waals surface area contributed by atoms with Crippen LogP contribution in [-0.2, 0) is 10.2 Å². The van der Waals surface area contributed by atoms with Crippen molar-refractivity contribution in [2.24, 2.45) is 16.5 Å². The molecule has 0 radical (unpaired) electrons. The first kappa shape index (κ1) is 18.3. The van der Waals surface area contributed by atoms with Crippen molar-refractivity contribution in [2.45, 2.75) is 18.8 Å². The molecule has 1 heterocycles. The molecule has 1 spiro atoms. The maximum absolute atomic E-state index is 14.3. The Bertz CT molecular complexity index is 764. The monoisotopic (exact) mass is 380 g/mol. The predicted molar refractivity (Wildman–Crippen MR) is 83.2 cm³/mol. The molecule has 6 nitrogen and oxygen atoms in total. The molecule has 1 aromatic carbocycles. The first-order valence-corrected chi connectivity index (χ1v) is 9.24. The molecular weight excluding hydrogens is 361 g/mol. The van der Waals surface area contributed by atoms with E-state index in [0.717, 1.165) is 10.4 Å².